The van der Waals surface area contributed by atoms with Crippen LogP contribution in [0.1, 0.15) is 19.4 Å². The molecule has 0 aliphatic carbocycles. The van der Waals surface area contributed by atoms with Crippen LogP contribution < -0.4 is 4.31 Å². The minimum Gasteiger partial charge on any atom is -0.273 e. The van der Waals surface area contributed by atoms with Crippen molar-refractivity contribution in [3.63, 3.8) is 0 Å². The van der Waals surface area contributed by atoms with Crippen molar-refractivity contribution in [2.45, 2.75) is 19.1 Å². The molecule has 0 bridgehead atoms. The monoisotopic (exact) mass is 355 g/mol. The summed E-state index contributed by atoms with van der Waals surface area (Å²) in [5, 5.41) is 12.8. The van der Waals surface area contributed by atoms with Crippen LogP contribution in [0.5, 0.6) is 0 Å². The van der Waals surface area contributed by atoms with Gasteiger partial charge in [-0.05, 0) is 32.0 Å². The van der Waals surface area contributed by atoms with Crippen molar-refractivity contribution in [3.05, 3.63) is 48.3 Å². The smallest absolute Gasteiger partial charge is 0.237 e. The third kappa shape index (κ3) is 2.83. The van der Waals surface area contributed by atoms with Gasteiger partial charge in [0, 0.05) is 18.8 Å². The average Bonchev–Trinajstić information content (AvgIpc) is 3.04. The molecule has 0 saturated heterocycles. The van der Waals surface area contributed by atoms with Crippen LogP contribution in [0.25, 0.3) is 16.9 Å². The van der Waals surface area contributed by atoms with Crippen LogP contribution in [0.15, 0.2) is 42.7 Å². The van der Waals surface area contributed by atoms with E-state index in [-0.39, 0.29) is 0 Å². The molecule has 2 aromatic heterocycles. The highest BCUT2D eigenvalue weighted by molar-refractivity contribution is 7.93. The molecule has 8 heteroatoms. The van der Waals surface area contributed by atoms with Crippen molar-refractivity contribution in [1.29, 1.82) is 5.26 Å². The number of sulfonamides is 1. The molecule has 128 valence electrons. The maximum absolute atomic E-state index is 12.4. The molecule has 0 saturated carbocycles. The third-order valence-corrected chi connectivity index (χ3v) is 6.17. The van der Waals surface area contributed by atoms with Gasteiger partial charge in [-0.25, -0.2) is 17.9 Å². The summed E-state index contributed by atoms with van der Waals surface area (Å²) in [4.78, 5) is 4.19. The van der Waals surface area contributed by atoms with Crippen LogP contribution in [-0.4, -0.2) is 35.3 Å². The molecule has 3 aromatic rings. The summed E-state index contributed by atoms with van der Waals surface area (Å²) in [5.74, 6) is 0. The molecule has 0 N–H and O–H groups in total. The number of nitriles is 1. The van der Waals surface area contributed by atoms with Crippen molar-refractivity contribution in [2.24, 2.45) is 0 Å². The first-order chi connectivity index (χ1) is 11.9. The van der Waals surface area contributed by atoms with E-state index in [1.165, 1.54) is 17.5 Å². The van der Waals surface area contributed by atoms with E-state index < -0.39 is 15.3 Å². The van der Waals surface area contributed by atoms with Crippen LogP contribution in [0.3, 0.4) is 0 Å². The molecule has 0 atom stereocenters. The van der Waals surface area contributed by atoms with Crippen molar-refractivity contribution in [2.75, 3.05) is 11.4 Å². The van der Waals surface area contributed by atoms with E-state index in [1.807, 2.05) is 6.07 Å². The Morgan fingerprint density at radius 2 is 2.04 bits per heavy atom. The molecular formula is C17H17N5O2S. The molecule has 0 spiro atoms. The van der Waals surface area contributed by atoms with Gasteiger partial charge in [0.1, 0.15) is 11.6 Å². The normalized spacial score (nSPS) is 11.6. The first-order valence-corrected chi connectivity index (χ1v) is 9.17. The zero-order valence-electron chi connectivity index (χ0n) is 14.1. The van der Waals surface area contributed by atoms with Gasteiger partial charge < -0.3 is 0 Å². The Hall–Kier alpha value is -2.92. The molecule has 2 heterocycles. The van der Waals surface area contributed by atoms with Gasteiger partial charge in [0.15, 0.2) is 5.65 Å². The molecule has 7 nitrogen and oxygen atoms in total. The predicted octanol–water partition coefficient (Wildman–Crippen LogP) is 2.44. The van der Waals surface area contributed by atoms with Gasteiger partial charge in [-0.15, -0.1) is 0 Å². The second-order valence-corrected chi connectivity index (χ2v) is 8.37. The molecule has 0 aliphatic rings. The molecule has 25 heavy (non-hydrogen) atoms. The SMILES string of the molecule is CC(C)S(=O)(=O)N(C)c1cccc(-c2ccnc3c(C#N)cnn23)c1. The fraction of sp³-hybridized carbons (Fsp3) is 0.235. The summed E-state index contributed by atoms with van der Waals surface area (Å²) in [5.41, 5.74) is 2.92. The first kappa shape index (κ1) is 16.9. The van der Waals surface area contributed by atoms with Gasteiger partial charge in [-0.3, -0.25) is 4.31 Å². The molecule has 0 unspecified atom stereocenters. The lowest BCUT2D eigenvalue weighted by Crippen LogP contribution is -2.32. The highest BCUT2D eigenvalue weighted by Crippen LogP contribution is 2.27. The number of nitrogens with zero attached hydrogens (tertiary/aromatic N) is 5. The molecular weight excluding hydrogens is 338 g/mol. The summed E-state index contributed by atoms with van der Waals surface area (Å²) in [6.45, 7) is 3.30. The van der Waals surface area contributed by atoms with Crippen LogP contribution in [-0.2, 0) is 10.0 Å². The van der Waals surface area contributed by atoms with E-state index in [1.54, 1.807) is 48.8 Å². The number of aromatic nitrogens is 3. The third-order valence-electron chi connectivity index (χ3n) is 4.00. The largest absolute Gasteiger partial charge is 0.273 e. The Labute approximate surface area is 146 Å². The van der Waals surface area contributed by atoms with Gasteiger partial charge in [-0.2, -0.15) is 10.4 Å². The van der Waals surface area contributed by atoms with E-state index in [0.29, 0.717) is 16.9 Å². The lowest BCUT2D eigenvalue weighted by atomic mass is 10.1. The number of hydrogen-bond donors (Lipinski definition) is 0. The molecule has 0 aliphatic heterocycles. The standard InChI is InChI=1S/C17H17N5O2S/c1-12(2)25(23,24)21(3)15-6-4-5-13(9-15)16-7-8-19-17-14(10-18)11-20-22(16)17/h4-9,11-12H,1-3H3. The topological polar surface area (TPSA) is 91.4 Å². The minimum atomic E-state index is -3.42. The number of hydrogen-bond acceptors (Lipinski definition) is 5. The quantitative estimate of drug-likeness (QED) is 0.717. The van der Waals surface area contributed by atoms with Crippen molar-refractivity contribution >= 4 is 21.4 Å². The van der Waals surface area contributed by atoms with Crippen molar-refractivity contribution in [1.82, 2.24) is 14.6 Å². The molecule has 0 fully saturated rings. The second kappa shape index (κ2) is 6.18. The first-order valence-electron chi connectivity index (χ1n) is 7.67. The summed E-state index contributed by atoms with van der Waals surface area (Å²) in [6, 6.07) is 11.0. The van der Waals surface area contributed by atoms with Crippen molar-refractivity contribution < 1.29 is 8.42 Å². The number of fused-ring (bicyclic) bond motifs is 1. The van der Waals surface area contributed by atoms with Crippen LogP contribution in [0.4, 0.5) is 5.69 Å². The predicted molar refractivity (Wildman–Crippen MR) is 95.6 cm³/mol. The lowest BCUT2D eigenvalue weighted by molar-refractivity contribution is 0.585. The zero-order chi connectivity index (χ0) is 18.2. The van der Waals surface area contributed by atoms with Crippen LogP contribution in [0.2, 0.25) is 0 Å². The Morgan fingerprint density at radius 1 is 1.28 bits per heavy atom. The molecule has 1 aromatic carbocycles. The fourth-order valence-electron chi connectivity index (χ4n) is 2.51. The average molecular weight is 355 g/mol. The number of benzene rings is 1. The Kier molecular flexibility index (Phi) is 4.18. The number of anilines is 1. The van der Waals surface area contributed by atoms with Crippen molar-refractivity contribution in [3.8, 4) is 17.3 Å². The summed E-state index contributed by atoms with van der Waals surface area (Å²) in [6.07, 6.45) is 3.07. The Bertz CT molecular complexity index is 1080. The van der Waals surface area contributed by atoms with E-state index in [2.05, 4.69) is 16.2 Å². The maximum atomic E-state index is 12.4. The Balaban J connectivity index is 2.12. The molecule has 0 amide bonds. The second-order valence-electron chi connectivity index (χ2n) is 5.85. The highest BCUT2D eigenvalue weighted by atomic mass is 32.2. The molecule has 0 radical (unpaired) electrons. The zero-order valence-corrected chi connectivity index (χ0v) is 14.9. The van der Waals surface area contributed by atoms with Gasteiger partial charge in [0.2, 0.25) is 10.0 Å². The van der Waals surface area contributed by atoms with Gasteiger partial charge >= 0.3 is 0 Å². The van der Waals surface area contributed by atoms with E-state index in [0.717, 1.165) is 11.3 Å². The van der Waals surface area contributed by atoms with Crippen LogP contribution >= 0.6 is 0 Å². The van der Waals surface area contributed by atoms with E-state index in [4.69, 9.17) is 5.26 Å². The highest BCUT2D eigenvalue weighted by Gasteiger charge is 2.23. The van der Waals surface area contributed by atoms with E-state index >= 15 is 0 Å². The van der Waals surface area contributed by atoms with E-state index in [9.17, 15) is 8.42 Å². The van der Waals surface area contributed by atoms with Gasteiger partial charge in [0.25, 0.3) is 0 Å². The Morgan fingerprint density at radius 3 is 2.72 bits per heavy atom. The number of rotatable bonds is 4. The minimum absolute atomic E-state index is 0.387. The maximum Gasteiger partial charge on any atom is 0.237 e. The lowest BCUT2D eigenvalue weighted by Gasteiger charge is -2.22. The van der Waals surface area contributed by atoms with Gasteiger partial charge in [-0.1, -0.05) is 12.1 Å². The van der Waals surface area contributed by atoms with Crippen LogP contribution in [0, 0.1) is 11.3 Å². The molecule has 3 rings (SSSR count). The fourth-order valence-corrected chi connectivity index (χ4v) is 3.55. The summed E-state index contributed by atoms with van der Waals surface area (Å²) in [7, 11) is -1.88. The van der Waals surface area contributed by atoms with Gasteiger partial charge in [0.05, 0.1) is 22.8 Å². The summed E-state index contributed by atoms with van der Waals surface area (Å²) >= 11 is 0. The summed E-state index contributed by atoms with van der Waals surface area (Å²) < 4.78 is 27.6.